The van der Waals surface area contributed by atoms with Gasteiger partial charge in [-0.05, 0) is 37.5 Å². The van der Waals surface area contributed by atoms with Crippen LogP contribution in [0.25, 0.3) is 0 Å². The summed E-state index contributed by atoms with van der Waals surface area (Å²) in [6.07, 6.45) is 1.47. The number of aryl methyl sites for hydroxylation is 1. The molecule has 0 atom stereocenters. The van der Waals surface area contributed by atoms with Gasteiger partial charge in [-0.25, -0.2) is 8.42 Å². The number of benzene rings is 1. The van der Waals surface area contributed by atoms with E-state index in [0.29, 0.717) is 0 Å². The second-order valence-corrected chi connectivity index (χ2v) is 6.38. The first-order chi connectivity index (χ1) is 8.41. The zero-order valence-corrected chi connectivity index (χ0v) is 10.9. The van der Waals surface area contributed by atoms with Crippen molar-refractivity contribution in [1.82, 2.24) is 4.31 Å². The number of nitrogens with zero attached hydrogens (tertiary/aromatic N) is 1. The molecule has 0 unspecified atom stereocenters. The molecule has 0 spiro atoms. The molecule has 1 N–H and O–H groups in total. The summed E-state index contributed by atoms with van der Waals surface area (Å²) in [5, 5.41) is 8.82. The largest absolute Gasteiger partial charge is 0.480 e. The summed E-state index contributed by atoms with van der Waals surface area (Å²) in [4.78, 5) is 10.9. The molecular weight excluding hydrogens is 254 g/mol. The SMILES string of the molecule is Cc1cccc(S(=O)(=O)N(CC(=O)O)C2CC2)c1. The molecule has 0 aromatic heterocycles. The zero-order valence-electron chi connectivity index (χ0n) is 10.0. The minimum absolute atomic E-state index is 0.161. The first kappa shape index (κ1) is 13.0. The molecule has 0 aliphatic heterocycles. The number of carbonyl (C=O) groups is 1. The second-order valence-electron chi connectivity index (χ2n) is 4.49. The molecule has 6 heteroatoms. The predicted octanol–water partition coefficient (Wildman–Crippen LogP) is 1.23. The van der Waals surface area contributed by atoms with Crippen molar-refractivity contribution in [3.8, 4) is 0 Å². The summed E-state index contributed by atoms with van der Waals surface area (Å²) < 4.78 is 25.8. The smallest absolute Gasteiger partial charge is 0.318 e. The van der Waals surface area contributed by atoms with Gasteiger partial charge in [-0.3, -0.25) is 4.79 Å². The third-order valence-electron chi connectivity index (χ3n) is 2.84. The Morgan fingerprint density at radius 2 is 2.11 bits per heavy atom. The lowest BCUT2D eigenvalue weighted by Gasteiger charge is -2.20. The first-order valence-electron chi connectivity index (χ1n) is 5.71. The Morgan fingerprint density at radius 3 is 2.61 bits per heavy atom. The topological polar surface area (TPSA) is 74.7 Å². The Labute approximate surface area is 106 Å². The highest BCUT2D eigenvalue weighted by atomic mass is 32.2. The average Bonchev–Trinajstić information content (AvgIpc) is 3.09. The molecule has 0 heterocycles. The molecule has 2 rings (SSSR count). The molecule has 0 bridgehead atoms. The van der Waals surface area contributed by atoms with Gasteiger partial charge in [-0.1, -0.05) is 12.1 Å². The van der Waals surface area contributed by atoms with E-state index in [1.165, 1.54) is 6.07 Å². The van der Waals surface area contributed by atoms with Gasteiger partial charge >= 0.3 is 5.97 Å². The van der Waals surface area contributed by atoms with E-state index in [2.05, 4.69) is 0 Å². The maximum Gasteiger partial charge on any atom is 0.318 e. The van der Waals surface area contributed by atoms with Crippen LogP contribution in [0.5, 0.6) is 0 Å². The van der Waals surface area contributed by atoms with Gasteiger partial charge in [0.2, 0.25) is 10.0 Å². The molecule has 5 nitrogen and oxygen atoms in total. The third kappa shape index (κ3) is 2.70. The van der Waals surface area contributed by atoms with Crippen molar-refractivity contribution in [2.45, 2.75) is 30.7 Å². The minimum Gasteiger partial charge on any atom is -0.480 e. The van der Waals surface area contributed by atoms with E-state index in [9.17, 15) is 13.2 Å². The van der Waals surface area contributed by atoms with Gasteiger partial charge in [0.15, 0.2) is 0 Å². The molecule has 1 aromatic rings. The Morgan fingerprint density at radius 1 is 1.44 bits per heavy atom. The van der Waals surface area contributed by atoms with Crippen molar-refractivity contribution in [3.63, 3.8) is 0 Å². The normalized spacial score (nSPS) is 15.9. The van der Waals surface area contributed by atoms with Gasteiger partial charge in [-0.2, -0.15) is 4.31 Å². The molecule has 0 radical (unpaired) electrons. The van der Waals surface area contributed by atoms with Crippen LogP contribution >= 0.6 is 0 Å². The lowest BCUT2D eigenvalue weighted by Crippen LogP contribution is -2.37. The summed E-state index contributed by atoms with van der Waals surface area (Å²) >= 11 is 0. The second kappa shape index (κ2) is 4.70. The summed E-state index contributed by atoms with van der Waals surface area (Å²) in [5.74, 6) is -1.13. The average molecular weight is 269 g/mol. The van der Waals surface area contributed by atoms with Crippen LogP contribution in [0.15, 0.2) is 29.2 Å². The molecule has 1 aliphatic carbocycles. The Balaban J connectivity index is 2.36. The van der Waals surface area contributed by atoms with Crippen LogP contribution < -0.4 is 0 Å². The molecule has 0 saturated heterocycles. The molecule has 98 valence electrons. The maximum atomic E-state index is 12.4. The van der Waals surface area contributed by atoms with E-state index in [4.69, 9.17) is 5.11 Å². The van der Waals surface area contributed by atoms with Crippen LogP contribution in [0.2, 0.25) is 0 Å². The van der Waals surface area contributed by atoms with Crippen molar-refractivity contribution in [3.05, 3.63) is 29.8 Å². The predicted molar refractivity (Wildman–Crippen MR) is 65.7 cm³/mol. The van der Waals surface area contributed by atoms with Gasteiger partial charge in [0.1, 0.15) is 6.54 Å². The number of carboxylic acid groups (broad SMARTS) is 1. The minimum atomic E-state index is -3.70. The van der Waals surface area contributed by atoms with Gasteiger partial charge in [0, 0.05) is 6.04 Å². The van der Waals surface area contributed by atoms with Crippen LogP contribution in [0, 0.1) is 6.92 Å². The number of hydrogen-bond donors (Lipinski definition) is 1. The number of aliphatic carboxylic acids is 1. The zero-order chi connectivity index (χ0) is 13.3. The summed E-state index contributed by atoms with van der Waals surface area (Å²) in [5.41, 5.74) is 0.835. The van der Waals surface area contributed by atoms with Crippen LogP contribution in [-0.4, -0.2) is 36.4 Å². The molecule has 1 aromatic carbocycles. The lowest BCUT2D eigenvalue weighted by atomic mass is 10.2. The highest BCUT2D eigenvalue weighted by Gasteiger charge is 2.39. The Kier molecular flexibility index (Phi) is 3.41. The molecular formula is C12H15NO4S. The Hall–Kier alpha value is -1.40. The quantitative estimate of drug-likeness (QED) is 0.872. The van der Waals surface area contributed by atoms with Crippen LogP contribution in [-0.2, 0) is 14.8 Å². The Bertz CT molecular complexity index is 563. The van der Waals surface area contributed by atoms with Gasteiger partial charge in [0.25, 0.3) is 0 Å². The summed E-state index contributed by atoms with van der Waals surface area (Å²) in [7, 11) is -3.70. The van der Waals surface area contributed by atoms with E-state index in [0.717, 1.165) is 22.7 Å². The fraction of sp³-hybridized carbons (Fsp3) is 0.417. The van der Waals surface area contributed by atoms with E-state index < -0.39 is 22.5 Å². The van der Waals surface area contributed by atoms with Crippen molar-refractivity contribution in [2.75, 3.05) is 6.54 Å². The van der Waals surface area contributed by atoms with E-state index in [1.54, 1.807) is 25.1 Å². The highest BCUT2D eigenvalue weighted by Crippen LogP contribution is 2.31. The molecule has 0 amide bonds. The standard InChI is InChI=1S/C12H15NO4S/c1-9-3-2-4-11(7-9)18(16,17)13(8-12(14)15)10-5-6-10/h2-4,7,10H,5-6,8H2,1H3,(H,14,15). The van der Waals surface area contributed by atoms with Gasteiger partial charge < -0.3 is 5.11 Å². The molecule has 1 aliphatic rings. The van der Waals surface area contributed by atoms with Crippen LogP contribution in [0.4, 0.5) is 0 Å². The van der Waals surface area contributed by atoms with E-state index in [1.807, 2.05) is 0 Å². The fourth-order valence-corrected chi connectivity index (χ4v) is 3.56. The van der Waals surface area contributed by atoms with Crippen molar-refractivity contribution >= 4 is 16.0 Å². The maximum absolute atomic E-state index is 12.4. The summed E-state index contributed by atoms with van der Waals surface area (Å²) in [6.45, 7) is 1.33. The number of carboxylic acids is 1. The molecule has 18 heavy (non-hydrogen) atoms. The van der Waals surface area contributed by atoms with Crippen molar-refractivity contribution in [1.29, 1.82) is 0 Å². The van der Waals surface area contributed by atoms with Gasteiger partial charge in [-0.15, -0.1) is 0 Å². The van der Waals surface area contributed by atoms with E-state index >= 15 is 0 Å². The summed E-state index contributed by atoms with van der Waals surface area (Å²) in [6, 6.07) is 6.37. The van der Waals surface area contributed by atoms with Crippen LogP contribution in [0.3, 0.4) is 0 Å². The number of rotatable bonds is 5. The van der Waals surface area contributed by atoms with Crippen LogP contribution in [0.1, 0.15) is 18.4 Å². The number of sulfonamides is 1. The molecule has 1 fully saturated rings. The van der Waals surface area contributed by atoms with Crippen molar-refractivity contribution < 1.29 is 18.3 Å². The fourth-order valence-electron chi connectivity index (χ4n) is 1.82. The lowest BCUT2D eigenvalue weighted by molar-refractivity contribution is -0.137. The molecule has 1 saturated carbocycles. The van der Waals surface area contributed by atoms with Crippen molar-refractivity contribution in [2.24, 2.45) is 0 Å². The number of hydrogen-bond acceptors (Lipinski definition) is 3. The third-order valence-corrected chi connectivity index (χ3v) is 4.74. The van der Waals surface area contributed by atoms with E-state index in [-0.39, 0.29) is 10.9 Å². The van der Waals surface area contributed by atoms with Gasteiger partial charge in [0.05, 0.1) is 4.90 Å². The monoisotopic (exact) mass is 269 g/mol. The first-order valence-corrected chi connectivity index (χ1v) is 7.15. The highest BCUT2D eigenvalue weighted by molar-refractivity contribution is 7.89.